The van der Waals surface area contributed by atoms with Gasteiger partial charge in [-0.05, 0) is 57.7 Å². The number of carbonyl (C=O) groups excluding carboxylic acids is 3. The zero-order chi connectivity index (χ0) is 21.9. The zero-order valence-electron chi connectivity index (χ0n) is 18.8. The van der Waals surface area contributed by atoms with E-state index in [9.17, 15) is 14.4 Å². The van der Waals surface area contributed by atoms with Crippen molar-refractivity contribution < 1.29 is 14.4 Å². The third kappa shape index (κ3) is 4.23. The molecule has 1 aromatic carbocycles. The number of benzene rings is 1. The molecule has 1 N–H and O–H groups in total. The zero-order valence-corrected chi connectivity index (χ0v) is 18.8. The van der Waals surface area contributed by atoms with Gasteiger partial charge in [0.05, 0.1) is 5.92 Å². The molecule has 1 aromatic rings. The average molecular weight is 414 g/mol. The summed E-state index contributed by atoms with van der Waals surface area (Å²) in [4.78, 5) is 42.8. The van der Waals surface area contributed by atoms with E-state index in [4.69, 9.17) is 0 Å². The lowest BCUT2D eigenvalue weighted by Gasteiger charge is -2.40. The summed E-state index contributed by atoms with van der Waals surface area (Å²) in [6.07, 6.45) is 4.50. The van der Waals surface area contributed by atoms with Gasteiger partial charge < -0.3 is 15.1 Å². The van der Waals surface area contributed by atoms with Gasteiger partial charge in [0.1, 0.15) is 5.54 Å². The van der Waals surface area contributed by atoms with Gasteiger partial charge in [0, 0.05) is 31.7 Å². The first-order valence-corrected chi connectivity index (χ1v) is 11.3. The number of carbonyl (C=O) groups is 3. The first kappa shape index (κ1) is 22.3. The molecule has 1 unspecified atom stereocenters. The van der Waals surface area contributed by atoms with Crippen LogP contribution < -0.4 is 10.2 Å². The molecule has 0 spiro atoms. The molecule has 3 amide bonds. The number of likely N-dealkylation sites (N-methyl/N-ethyl adjacent to an activating group) is 1. The van der Waals surface area contributed by atoms with E-state index in [1.807, 2.05) is 50.8 Å². The van der Waals surface area contributed by atoms with Crippen LogP contribution in [0.1, 0.15) is 63.5 Å². The SMILES string of the molecule is CCN(CC)C(=O)C1(NC(=O)C2CC(=O)N(c3cccc(C)c3C)C2)CCCCC1. The van der Waals surface area contributed by atoms with Crippen molar-refractivity contribution in [1.82, 2.24) is 10.2 Å². The minimum atomic E-state index is -0.822. The first-order chi connectivity index (χ1) is 14.3. The van der Waals surface area contributed by atoms with E-state index in [2.05, 4.69) is 5.32 Å². The van der Waals surface area contributed by atoms with Gasteiger partial charge in [-0.15, -0.1) is 0 Å². The molecule has 1 aliphatic heterocycles. The van der Waals surface area contributed by atoms with Crippen molar-refractivity contribution in [2.24, 2.45) is 5.92 Å². The van der Waals surface area contributed by atoms with Crippen LogP contribution in [0.4, 0.5) is 5.69 Å². The Bertz CT molecular complexity index is 810. The molecule has 1 aliphatic carbocycles. The van der Waals surface area contributed by atoms with E-state index < -0.39 is 11.5 Å². The van der Waals surface area contributed by atoms with Gasteiger partial charge in [-0.1, -0.05) is 31.4 Å². The minimum absolute atomic E-state index is 0.0243. The third-order valence-corrected chi connectivity index (χ3v) is 6.89. The maximum absolute atomic E-state index is 13.3. The van der Waals surface area contributed by atoms with Crippen LogP contribution in [0.5, 0.6) is 0 Å². The Morgan fingerprint density at radius 3 is 2.43 bits per heavy atom. The lowest BCUT2D eigenvalue weighted by molar-refractivity contribution is -0.144. The molecule has 0 bridgehead atoms. The van der Waals surface area contributed by atoms with Crippen LogP contribution in [0.15, 0.2) is 18.2 Å². The number of nitrogens with zero attached hydrogens (tertiary/aromatic N) is 2. The molecular formula is C24H35N3O3. The van der Waals surface area contributed by atoms with Crippen molar-refractivity contribution in [3.05, 3.63) is 29.3 Å². The molecule has 1 heterocycles. The van der Waals surface area contributed by atoms with Crippen molar-refractivity contribution in [3.8, 4) is 0 Å². The summed E-state index contributed by atoms with van der Waals surface area (Å²) < 4.78 is 0. The molecule has 2 aliphatic rings. The van der Waals surface area contributed by atoms with Gasteiger partial charge in [0.15, 0.2) is 0 Å². The molecule has 30 heavy (non-hydrogen) atoms. The van der Waals surface area contributed by atoms with E-state index in [-0.39, 0.29) is 24.1 Å². The standard InChI is InChI=1S/C24H35N3O3/c1-5-26(6-2)23(30)24(13-8-7-9-14-24)25-22(29)19-15-21(28)27(16-19)20-12-10-11-17(3)18(20)4/h10-12,19H,5-9,13-16H2,1-4H3,(H,25,29). The van der Waals surface area contributed by atoms with Crippen molar-refractivity contribution >= 4 is 23.4 Å². The lowest BCUT2D eigenvalue weighted by Crippen LogP contribution is -2.61. The second-order valence-electron chi connectivity index (χ2n) is 8.73. The van der Waals surface area contributed by atoms with E-state index in [1.165, 1.54) is 0 Å². The monoisotopic (exact) mass is 413 g/mol. The Kier molecular flexibility index (Phi) is 6.84. The highest BCUT2D eigenvalue weighted by molar-refractivity contribution is 6.02. The number of amides is 3. The number of nitrogens with one attached hydrogen (secondary N) is 1. The summed E-state index contributed by atoms with van der Waals surface area (Å²) >= 11 is 0. The Morgan fingerprint density at radius 2 is 1.80 bits per heavy atom. The van der Waals surface area contributed by atoms with Gasteiger partial charge in [-0.3, -0.25) is 14.4 Å². The third-order valence-electron chi connectivity index (χ3n) is 6.89. The fourth-order valence-electron chi connectivity index (χ4n) is 4.84. The van der Waals surface area contributed by atoms with Gasteiger partial charge in [-0.25, -0.2) is 0 Å². The number of anilines is 1. The molecule has 6 nitrogen and oxygen atoms in total. The molecular weight excluding hydrogens is 378 g/mol. The van der Waals surface area contributed by atoms with Crippen LogP contribution in [0.3, 0.4) is 0 Å². The Morgan fingerprint density at radius 1 is 1.13 bits per heavy atom. The van der Waals surface area contributed by atoms with Gasteiger partial charge in [0.25, 0.3) is 0 Å². The maximum Gasteiger partial charge on any atom is 0.248 e. The average Bonchev–Trinajstić information content (AvgIpc) is 3.13. The number of hydrogen-bond acceptors (Lipinski definition) is 3. The second-order valence-corrected chi connectivity index (χ2v) is 8.73. The van der Waals surface area contributed by atoms with Crippen molar-refractivity contribution in [1.29, 1.82) is 0 Å². The predicted molar refractivity (Wildman–Crippen MR) is 118 cm³/mol. The van der Waals surface area contributed by atoms with Crippen molar-refractivity contribution in [2.45, 2.75) is 71.8 Å². The highest BCUT2D eigenvalue weighted by Crippen LogP contribution is 2.33. The van der Waals surface area contributed by atoms with Crippen LogP contribution in [0.25, 0.3) is 0 Å². The van der Waals surface area contributed by atoms with E-state index in [1.54, 1.807) is 4.90 Å². The lowest BCUT2D eigenvalue weighted by atomic mass is 9.80. The molecule has 1 atom stereocenters. The minimum Gasteiger partial charge on any atom is -0.341 e. The Hall–Kier alpha value is -2.37. The Labute approximate surface area is 180 Å². The van der Waals surface area contributed by atoms with Crippen molar-refractivity contribution in [2.75, 3.05) is 24.5 Å². The first-order valence-electron chi connectivity index (χ1n) is 11.3. The van der Waals surface area contributed by atoms with Gasteiger partial charge in [0.2, 0.25) is 17.7 Å². The van der Waals surface area contributed by atoms with Crippen LogP contribution in [-0.4, -0.2) is 47.8 Å². The molecule has 1 saturated carbocycles. The van der Waals surface area contributed by atoms with E-state index in [0.29, 0.717) is 32.5 Å². The van der Waals surface area contributed by atoms with E-state index >= 15 is 0 Å². The largest absolute Gasteiger partial charge is 0.341 e. The topological polar surface area (TPSA) is 69.7 Å². The molecule has 3 rings (SSSR count). The summed E-state index contributed by atoms with van der Waals surface area (Å²) in [5.41, 5.74) is 2.24. The van der Waals surface area contributed by atoms with Gasteiger partial charge >= 0.3 is 0 Å². The summed E-state index contributed by atoms with van der Waals surface area (Å²) in [6, 6.07) is 5.90. The van der Waals surface area contributed by atoms with Crippen molar-refractivity contribution in [3.63, 3.8) is 0 Å². The molecule has 164 valence electrons. The Balaban J connectivity index is 1.77. The fraction of sp³-hybridized carbons (Fsp3) is 0.625. The fourth-order valence-corrected chi connectivity index (χ4v) is 4.84. The van der Waals surface area contributed by atoms with Crippen LogP contribution >= 0.6 is 0 Å². The second kappa shape index (κ2) is 9.19. The molecule has 2 fully saturated rings. The normalized spacial score (nSPS) is 20.9. The molecule has 0 aromatic heterocycles. The smallest absolute Gasteiger partial charge is 0.248 e. The molecule has 1 saturated heterocycles. The van der Waals surface area contributed by atoms with Crippen LogP contribution in [0, 0.1) is 19.8 Å². The highest BCUT2D eigenvalue weighted by atomic mass is 16.2. The summed E-state index contributed by atoms with van der Waals surface area (Å²) in [6.45, 7) is 9.60. The predicted octanol–water partition coefficient (Wildman–Crippen LogP) is 3.34. The van der Waals surface area contributed by atoms with E-state index in [0.717, 1.165) is 36.1 Å². The molecule has 6 heteroatoms. The summed E-state index contributed by atoms with van der Waals surface area (Å²) in [5, 5.41) is 3.13. The molecule has 0 radical (unpaired) electrons. The number of aryl methyl sites for hydroxylation is 1. The summed E-state index contributed by atoms with van der Waals surface area (Å²) in [7, 11) is 0. The van der Waals surface area contributed by atoms with Crippen LogP contribution in [0.2, 0.25) is 0 Å². The summed E-state index contributed by atoms with van der Waals surface area (Å²) in [5.74, 6) is -0.604. The van der Waals surface area contributed by atoms with Crippen LogP contribution in [-0.2, 0) is 14.4 Å². The quantitative estimate of drug-likeness (QED) is 0.778. The maximum atomic E-state index is 13.3. The number of rotatable bonds is 6. The van der Waals surface area contributed by atoms with Gasteiger partial charge in [-0.2, -0.15) is 0 Å². The number of hydrogen-bond donors (Lipinski definition) is 1. The highest BCUT2D eigenvalue weighted by Gasteiger charge is 2.45.